The van der Waals surface area contributed by atoms with E-state index >= 15 is 0 Å². The molecule has 1 aromatic carbocycles. The highest BCUT2D eigenvalue weighted by atomic mass is 16.5. The molecule has 4 nitrogen and oxygen atoms in total. The van der Waals surface area contributed by atoms with Crippen LogP contribution >= 0.6 is 0 Å². The molecule has 0 atom stereocenters. The molecule has 0 fully saturated rings. The number of rotatable bonds is 5. The number of hydrogen-bond acceptors (Lipinski definition) is 3. The van der Waals surface area contributed by atoms with Gasteiger partial charge in [-0.1, -0.05) is 34.1 Å². The van der Waals surface area contributed by atoms with E-state index in [9.17, 15) is 4.79 Å². The molecule has 0 aliphatic rings. The molecule has 0 spiro atoms. The van der Waals surface area contributed by atoms with Gasteiger partial charge in [0.2, 0.25) is 5.91 Å². The Morgan fingerprint density at radius 2 is 2.05 bits per heavy atom. The van der Waals surface area contributed by atoms with Crippen LogP contribution in [0.25, 0.3) is 10.9 Å². The number of ether oxygens (including phenoxy) is 1. The summed E-state index contributed by atoms with van der Waals surface area (Å²) in [5.41, 5.74) is 1.11. The first-order chi connectivity index (χ1) is 10.4. The van der Waals surface area contributed by atoms with Crippen LogP contribution in [0.5, 0.6) is 5.75 Å². The van der Waals surface area contributed by atoms with Gasteiger partial charge in [-0.15, -0.1) is 0 Å². The van der Waals surface area contributed by atoms with E-state index in [0.717, 1.165) is 35.2 Å². The highest BCUT2D eigenvalue weighted by Gasteiger charge is 2.22. The minimum absolute atomic E-state index is 0.0164. The third-order valence-corrected chi connectivity index (χ3v) is 3.42. The highest BCUT2D eigenvalue weighted by molar-refractivity contribution is 6.04. The lowest BCUT2D eigenvalue weighted by Crippen LogP contribution is -2.27. The summed E-state index contributed by atoms with van der Waals surface area (Å²) >= 11 is 0. The van der Waals surface area contributed by atoms with E-state index in [-0.39, 0.29) is 5.91 Å². The molecule has 0 saturated heterocycles. The fourth-order valence-corrected chi connectivity index (χ4v) is 2.01. The van der Waals surface area contributed by atoms with Crippen molar-refractivity contribution in [1.29, 1.82) is 0 Å². The topological polar surface area (TPSA) is 51.2 Å². The van der Waals surface area contributed by atoms with E-state index in [2.05, 4.69) is 17.2 Å². The maximum atomic E-state index is 12.2. The van der Waals surface area contributed by atoms with Gasteiger partial charge in [0.15, 0.2) is 0 Å². The number of anilines is 1. The molecule has 4 heteroatoms. The predicted molar refractivity (Wildman–Crippen MR) is 90.2 cm³/mol. The molecule has 0 aliphatic heterocycles. The quantitative estimate of drug-likeness (QED) is 0.833. The average Bonchev–Trinajstić information content (AvgIpc) is 2.48. The molecular weight excluding hydrogens is 276 g/mol. The van der Waals surface area contributed by atoms with Crippen LogP contribution in [0.1, 0.15) is 40.5 Å². The molecule has 0 bridgehead atoms. The van der Waals surface area contributed by atoms with Gasteiger partial charge in [-0.25, -0.2) is 0 Å². The minimum Gasteiger partial charge on any atom is -0.491 e. The van der Waals surface area contributed by atoms with Crippen molar-refractivity contribution >= 4 is 22.5 Å². The zero-order valence-corrected chi connectivity index (χ0v) is 13.8. The number of benzene rings is 1. The van der Waals surface area contributed by atoms with Crippen LogP contribution in [0.2, 0.25) is 0 Å². The van der Waals surface area contributed by atoms with Gasteiger partial charge in [-0.2, -0.15) is 0 Å². The molecule has 0 saturated carbocycles. The summed E-state index contributed by atoms with van der Waals surface area (Å²) < 4.78 is 5.81. The second-order valence-corrected chi connectivity index (χ2v) is 6.42. The van der Waals surface area contributed by atoms with Gasteiger partial charge in [0.25, 0.3) is 0 Å². The number of amides is 1. The van der Waals surface area contributed by atoms with Crippen molar-refractivity contribution in [2.24, 2.45) is 5.41 Å². The number of unbranched alkanes of at least 4 members (excludes halogenated alkanes) is 1. The number of aromatic nitrogens is 1. The third kappa shape index (κ3) is 3.75. The number of pyridine rings is 1. The summed E-state index contributed by atoms with van der Waals surface area (Å²) in [6.07, 6.45) is 3.84. The molecule has 0 aliphatic carbocycles. The smallest absolute Gasteiger partial charge is 0.229 e. The Morgan fingerprint density at radius 1 is 1.27 bits per heavy atom. The van der Waals surface area contributed by atoms with Gasteiger partial charge in [0, 0.05) is 17.0 Å². The van der Waals surface area contributed by atoms with Crippen molar-refractivity contribution in [1.82, 2.24) is 4.98 Å². The summed E-state index contributed by atoms with van der Waals surface area (Å²) in [6.45, 7) is 8.49. The van der Waals surface area contributed by atoms with Crippen molar-refractivity contribution in [2.75, 3.05) is 11.9 Å². The Bertz CT molecular complexity index is 660. The Morgan fingerprint density at radius 3 is 2.73 bits per heavy atom. The first-order valence-corrected chi connectivity index (χ1v) is 7.75. The fraction of sp³-hybridized carbons (Fsp3) is 0.444. The summed E-state index contributed by atoms with van der Waals surface area (Å²) in [6, 6.07) is 7.58. The van der Waals surface area contributed by atoms with E-state index in [0.29, 0.717) is 6.61 Å². The molecule has 22 heavy (non-hydrogen) atoms. The molecule has 0 unspecified atom stereocenters. The van der Waals surface area contributed by atoms with Crippen LogP contribution in [0.3, 0.4) is 0 Å². The number of nitrogens with one attached hydrogen (secondary N) is 1. The lowest BCUT2D eigenvalue weighted by molar-refractivity contribution is -0.123. The van der Waals surface area contributed by atoms with Crippen molar-refractivity contribution in [3.63, 3.8) is 0 Å². The number of carbonyl (C=O) groups excluding carboxylic acids is 1. The van der Waals surface area contributed by atoms with E-state index < -0.39 is 5.41 Å². The van der Waals surface area contributed by atoms with E-state index in [1.165, 1.54) is 0 Å². The molecule has 2 aromatic rings. The Balaban J connectivity index is 2.34. The first kappa shape index (κ1) is 16.3. The highest BCUT2D eigenvalue weighted by Crippen LogP contribution is 2.31. The van der Waals surface area contributed by atoms with Crippen LogP contribution in [-0.4, -0.2) is 17.5 Å². The second-order valence-electron chi connectivity index (χ2n) is 6.42. The van der Waals surface area contributed by atoms with Gasteiger partial charge in [0.1, 0.15) is 11.3 Å². The fourth-order valence-electron chi connectivity index (χ4n) is 2.01. The maximum absolute atomic E-state index is 12.2. The molecule has 1 heterocycles. The largest absolute Gasteiger partial charge is 0.491 e. The predicted octanol–water partition coefficient (Wildman–Crippen LogP) is 4.40. The van der Waals surface area contributed by atoms with E-state index in [4.69, 9.17) is 4.74 Å². The van der Waals surface area contributed by atoms with Crippen molar-refractivity contribution in [3.8, 4) is 5.75 Å². The molecule has 0 radical (unpaired) electrons. The van der Waals surface area contributed by atoms with Gasteiger partial charge >= 0.3 is 0 Å². The Hall–Kier alpha value is -2.10. The summed E-state index contributed by atoms with van der Waals surface area (Å²) in [5, 5.41) is 3.88. The normalized spacial score (nSPS) is 11.5. The number of nitrogens with zero attached hydrogens (tertiary/aromatic N) is 1. The number of hydrogen-bond donors (Lipinski definition) is 1. The minimum atomic E-state index is -0.440. The Kier molecular flexibility index (Phi) is 5.01. The second kappa shape index (κ2) is 6.77. The van der Waals surface area contributed by atoms with E-state index in [1.54, 1.807) is 6.20 Å². The van der Waals surface area contributed by atoms with Crippen LogP contribution in [-0.2, 0) is 4.79 Å². The van der Waals surface area contributed by atoms with Gasteiger partial charge < -0.3 is 10.1 Å². The monoisotopic (exact) mass is 300 g/mol. The molecular formula is C18H24N2O2. The van der Waals surface area contributed by atoms with Crippen LogP contribution in [0, 0.1) is 5.41 Å². The number of fused-ring (bicyclic) bond motifs is 1. The van der Waals surface area contributed by atoms with Gasteiger partial charge in [0.05, 0.1) is 12.3 Å². The Labute approximate surface area is 131 Å². The first-order valence-electron chi connectivity index (χ1n) is 7.75. The molecule has 2 rings (SSSR count). The van der Waals surface area contributed by atoms with E-state index in [1.807, 2.05) is 45.0 Å². The number of carbonyl (C=O) groups is 1. The maximum Gasteiger partial charge on any atom is 0.229 e. The third-order valence-electron chi connectivity index (χ3n) is 3.42. The lowest BCUT2D eigenvalue weighted by atomic mass is 9.95. The zero-order chi connectivity index (χ0) is 16.2. The molecule has 1 aromatic heterocycles. The molecule has 1 N–H and O–H groups in total. The molecule has 118 valence electrons. The standard InChI is InChI=1S/C18H24N2O2/c1-5-6-12-22-15-10-9-14(20-17(21)18(2,3)4)13-8-7-11-19-16(13)15/h7-11H,5-6,12H2,1-4H3,(H,20,21). The summed E-state index contributed by atoms with van der Waals surface area (Å²) in [7, 11) is 0. The SMILES string of the molecule is CCCCOc1ccc(NC(=O)C(C)(C)C)c2cccnc12. The van der Waals surface area contributed by atoms with Crippen molar-refractivity contribution in [3.05, 3.63) is 30.5 Å². The zero-order valence-electron chi connectivity index (χ0n) is 13.8. The van der Waals surface area contributed by atoms with Crippen molar-refractivity contribution in [2.45, 2.75) is 40.5 Å². The summed E-state index contributed by atoms with van der Waals surface area (Å²) in [5.74, 6) is 0.745. The van der Waals surface area contributed by atoms with Gasteiger partial charge in [-0.3, -0.25) is 9.78 Å². The summed E-state index contributed by atoms with van der Waals surface area (Å²) in [4.78, 5) is 16.6. The van der Waals surface area contributed by atoms with Gasteiger partial charge in [-0.05, 0) is 30.7 Å². The van der Waals surface area contributed by atoms with Crippen molar-refractivity contribution < 1.29 is 9.53 Å². The lowest BCUT2D eigenvalue weighted by Gasteiger charge is -2.19. The average molecular weight is 300 g/mol. The van der Waals surface area contributed by atoms with Crippen LogP contribution in [0.4, 0.5) is 5.69 Å². The van der Waals surface area contributed by atoms with Crippen LogP contribution in [0.15, 0.2) is 30.5 Å². The van der Waals surface area contributed by atoms with Crippen LogP contribution < -0.4 is 10.1 Å². The molecule has 1 amide bonds.